The van der Waals surface area contributed by atoms with E-state index in [9.17, 15) is 0 Å². The van der Waals surface area contributed by atoms with Crippen molar-refractivity contribution in [2.75, 3.05) is 13.2 Å². The Morgan fingerprint density at radius 2 is 1.78 bits per heavy atom. The first-order valence-corrected chi connectivity index (χ1v) is 4.20. The number of rotatable bonds is 0. The van der Waals surface area contributed by atoms with E-state index in [4.69, 9.17) is 4.74 Å². The van der Waals surface area contributed by atoms with E-state index in [2.05, 4.69) is 39.8 Å². The van der Waals surface area contributed by atoms with Crippen molar-refractivity contribution in [3.05, 3.63) is 0 Å². The normalized spacial score (nSPS) is 39.0. The molecule has 1 fully saturated rings. The fourth-order valence-corrected chi connectivity index (χ4v) is 1.31. The molecule has 0 radical (unpaired) electrons. The van der Waals surface area contributed by atoms with Gasteiger partial charge in [0.15, 0.2) is 0 Å². The molecule has 2 unspecified atom stereocenters. The second kappa shape index (κ2) is 3.16. The largest absolute Gasteiger partial charge is 0.378 e. The second-order valence-electron chi connectivity index (χ2n) is 2.58. The summed E-state index contributed by atoms with van der Waals surface area (Å²) in [5.74, 6) is 0. The molecule has 1 aliphatic rings. The first-order valence-electron chi connectivity index (χ1n) is 3.23. The van der Waals surface area contributed by atoms with Crippen LogP contribution in [0.5, 0.6) is 0 Å². The van der Waals surface area contributed by atoms with Crippen molar-refractivity contribution in [1.29, 1.82) is 0 Å². The molecule has 9 heavy (non-hydrogen) atoms. The van der Waals surface area contributed by atoms with Gasteiger partial charge in [0.25, 0.3) is 0 Å². The van der Waals surface area contributed by atoms with Crippen LogP contribution >= 0.6 is 22.9 Å². The Bertz CT molecular complexity index is 89.1. The lowest BCUT2D eigenvalue weighted by Crippen LogP contribution is -2.43. The molecule has 1 heterocycles. The van der Waals surface area contributed by atoms with E-state index in [1.165, 1.54) is 0 Å². The molecule has 0 aromatic rings. The van der Waals surface area contributed by atoms with E-state index < -0.39 is 0 Å². The van der Waals surface area contributed by atoms with Crippen LogP contribution < -0.4 is 0 Å². The highest BCUT2D eigenvalue weighted by atomic mass is 127. The van der Waals surface area contributed by atoms with Crippen molar-refractivity contribution in [2.45, 2.75) is 25.9 Å². The SMILES string of the molecule is CC1COCC(C)N1I. The first-order chi connectivity index (χ1) is 4.22. The van der Waals surface area contributed by atoms with E-state index in [-0.39, 0.29) is 0 Å². The van der Waals surface area contributed by atoms with E-state index >= 15 is 0 Å². The molecular formula is C6H12INO. The summed E-state index contributed by atoms with van der Waals surface area (Å²) < 4.78 is 7.64. The quantitative estimate of drug-likeness (QED) is 0.470. The Morgan fingerprint density at radius 3 is 2.11 bits per heavy atom. The summed E-state index contributed by atoms with van der Waals surface area (Å²) in [7, 11) is 0. The molecule has 0 amide bonds. The standard InChI is InChI=1S/C6H12INO/c1-5-3-9-4-6(2)8(5)7/h5-6H,3-4H2,1-2H3. The minimum Gasteiger partial charge on any atom is -0.378 e. The maximum absolute atomic E-state index is 5.32. The minimum absolute atomic E-state index is 0.578. The van der Waals surface area contributed by atoms with Gasteiger partial charge in [-0.25, -0.2) is 3.11 Å². The molecule has 0 aromatic heterocycles. The maximum Gasteiger partial charge on any atom is 0.0628 e. The molecule has 0 bridgehead atoms. The zero-order valence-electron chi connectivity index (χ0n) is 5.80. The van der Waals surface area contributed by atoms with Gasteiger partial charge in [0.2, 0.25) is 0 Å². The van der Waals surface area contributed by atoms with E-state index in [0.717, 1.165) is 13.2 Å². The van der Waals surface area contributed by atoms with Gasteiger partial charge in [0.05, 0.1) is 13.2 Å². The number of ether oxygens (including phenoxy) is 1. The Balaban J connectivity index is 2.41. The van der Waals surface area contributed by atoms with Crippen molar-refractivity contribution in [3.63, 3.8) is 0 Å². The van der Waals surface area contributed by atoms with Gasteiger partial charge in [-0.05, 0) is 13.8 Å². The van der Waals surface area contributed by atoms with Crippen molar-refractivity contribution in [2.24, 2.45) is 0 Å². The Labute approximate surface area is 70.0 Å². The molecule has 3 heteroatoms. The third-order valence-corrected chi connectivity index (χ3v) is 3.46. The number of nitrogens with zero attached hydrogens (tertiary/aromatic N) is 1. The number of hydrogen-bond donors (Lipinski definition) is 0. The number of halogens is 1. The van der Waals surface area contributed by atoms with Gasteiger partial charge in [-0.15, -0.1) is 0 Å². The molecule has 0 aromatic carbocycles. The molecule has 1 rings (SSSR count). The molecule has 2 nitrogen and oxygen atoms in total. The van der Waals surface area contributed by atoms with Crippen LogP contribution in [-0.2, 0) is 4.74 Å². The monoisotopic (exact) mass is 241 g/mol. The van der Waals surface area contributed by atoms with Gasteiger partial charge < -0.3 is 4.74 Å². The number of hydrogen-bond acceptors (Lipinski definition) is 2. The Kier molecular flexibility index (Phi) is 2.73. The van der Waals surface area contributed by atoms with Crippen LogP contribution in [0.15, 0.2) is 0 Å². The molecule has 0 N–H and O–H groups in total. The van der Waals surface area contributed by atoms with Crippen LogP contribution in [0.25, 0.3) is 0 Å². The molecular weight excluding hydrogens is 229 g/mol. The average molecular weight is 241 g/mol. The Morgan fingerprint density at radius 1 is 1.33 bits per heavy atom. The molecule has 2 atom stereocenters. The van der Waals surface area contributed by atoms with E-state index in [0.29, 0.717) is 12.1 Å². The van der Waals surface area contributed by atoms with Gasteiger partial charge in [-0.3, -0.25) is 0 Å². The highest BCUT2D eigenvalue weighted by Gasteiger charge is 2.22. The molecule has 0 spiro atoms. The summed E-state index contributed by atoms with van der Waals surface area (Å²) in [6.07, 6.45) is 0. The van der Waals surface area contributed by atoms with Gasteiger partial charge in [-0.1, -0.05) is 0 Å². The van der Waals surface area contributed by atoms with Gasteiger partial charge >= 0.3 is 0 Å². The van der Waals surface area contributed by atoms with Crippen LogP contribution in [0.2, 0.25) is 0 Å². The zero-order chi connectivity index (χ0) is 6.85. The summed E-state index contributed by atoms with van der Waals surface area (Å²) in [6, 6.07) is 1.16. The smallest absolute Gasteiger partial charge is 0.0628 e. The van der Waals surface area contributed by atoms with Crippen LogP contribution in [0.4, 0.5) is 0 Å². The summed E-state index contributed by atoms with van der Waals surface area (Å²) >= 11 is 2.36. The fourth-order valence-electron chi connectivity index (χ4n) is 0.986. The van der Waals surface area contributed by atoms with Gasteiger partial charge in [-0.2, -0.15) is 0 Å². The van der Waals surface area contributed by atoms with E-state index in [1.807, 2.05) is 0 Å². The van der Waals surface area contributed by atoms with Crippen LogP contribution in [-0.4, -0.2) is 28.4 Å². The maximum atomic E-state index is 5.32. The summed E-state index contributed by atoms with van der Waals surface area (Å²) in [5.41, 5.74) is 0. The van der Waals surface area contributed by atoms with Crippen LogP contribution in [0.3, 0.4) is 0 Å². The molecule has 0 saturated carbocycles. The topological polar surface area (TPSA) is 12.5 Å². The highest BCUT2D eigenvalue weighted by molar-refractivity contribution is 14.1. The van der Waals surface area contributed by atoms with Crippen molar-refractivity contribution in [3.8, 4) is 0 Å². The molecule has 54 valence electrons. The number of morpholine rings is 1. The summed E-state index contributed by atoms with van der Waals surface area (Å²) in [5, 5.41) is 0. The van der Waals surface area contributed by atoms with Gasteiger partial charge in [0.1, 0.15) is 0 Å². The molecule has 0 aliphatic carbocycles. The lowest BCUT2D eigenvalue weighted by atomic mass is 10.2. The van der Waals surface area contributed by atoms with Crippen molar-refractivity contribution in [1.82, 2.24) is 3.11 Å². The van der Waals surface area contributed by atoms with Gasteiger partial charge in [0, 0.05) is 34.9 Å². The van der Waals surface area contributed by atoms with Crippen molar-refractivity contribution < 1.29 is 4.74 Å². The predicted octanol–water partition coefficient (Wildman–Crippen LogP) is 1.45. The van der Waals surface area contributed by atoms with Crippen LogP contribution in [0.1, 0.15) is 13.8 Å². The summed E-state index contributed by atoms with van der Waals surface area (Å²) in [6.45, 7) is 6.13. The average Bonchev–Trinajstić information content (AvgIpc) is 1.83. The van der Waals surface area contributed by atoms with Crippen molar-refractivity contribution >= 4 is 22.9 Å². The lowest BCUT2D eigenvalue weighted by molar-refractivity contribution is 0.0199. The fraction of sp³-hybridized carbons (Fsp3) is 1.00. The third-order valence-electron chi connectivity index (χ3n) is 1.56. The highest BCUT2D eigenvalue weighted by Crippen LogP contribution is 2.16. The molecule has 1 saturated heterocycles. The Hall–Kier alpha value is 0.650. The first kappa shape index (κ1) is 7.75. The second-order valence-corrected chi connectivity index (χ2v) is 3.69. The summed E-state index contributed by atoms with van der Waals surface area (Å²) in [4.78, 5) is 0. The minimum atomic E-state index is 0.578. The van der Waals surface area contributed by atoms with Crippen LogP contribution in [0, 0.1) is 0 Å². The zero-order valence-corrected chi connectivity index (χ0v) is 7.96. The third kappa shape index (κ3) is 1.78. The molecule has 1 aliphatic heterocycles. The predicted molar refractivity (Wildman–Crippen MR) is 45.6 cm³/mol. The van der Waals surface area contributed by atoms with E-state index in [1.54, 1.807) is 0 Å². The lowest BCUT2D eigenvalue weighted by Gasteiger charge is -2.33.